The van der Waals surface area contributed by atoms with E-state index >= 15 is 0 Å². The van der Waals surface area contributed by atoms with Gasteiger partial charge in [0.2, 0.25) is 0 Å². The van der Waals surface area contributed by atoms with Crippen LogP contribution < -0.4 is 5.32 Å². The Morgan fingerprint density at radius 3 is 2.79 bits per heavy atom. The maximum absolute atomic E-state index is 11.5. The van der Waals surface area contributed by atoms with Crippen LogP contribution in [0.3, 0.4) is 0 Å². The third kappa shape index (κ3) is 6.39. The molecule has 1 aliphatic heterocycles. The Balaban J connectivity index is 2.34. The van der Waals surface area contributed by atoms with Gasteiger partial charge < -0.3 is 10.1 Å². The zero-order valence-electron chi connectivity index (χ0n) is 12.9. The Hall–Kier alpha value is -0.610. The SMILES string of the molecule is CCOC(=O)CC(C)N1CCCC(CNC(C)C)C1. The summed E-state index contributed by atoms with van der Waals surface area (Å²) in [5.74, 6) is 0.637. The molecule has 0 aromatic heterocycles. The van der Waals surface area contributed by atoms with Crippen LogP contribution in [0.25, 0.3) is 0 Å². The number of esters is 1. The van der Waals surface area contributed by atoms with Crippen molar-refractivity contribution in [2.24, 2.45) is 5.92 Å². The van der Waals surface area contributed by atoms with E-state index in [9.17, 15) is 4.79 Å². The summed E-state index contributed by atoms with van der Waals surface area (Å²) in [5, 5.41) is 3.52. The maximum atomic E-state index is 11.5. The Labute approximate surface area is 117 Å². The zero-order chi connectivity index (χ0) is 14.3. The lowest BCUT2D eigenvalue weighted by molar-refractivity contribution is -0.144. The number of nitrogens with one attached hydrogen (secondary N) is 1. The van der Waals surface area contributed by atoms with Gasteiger partial charge in [0.15, 0.2) is 0 Å². The average molecular weight is 270 g/mol. The van der Waals surface area contributed by atoms with Crippen LogP contribution in [-0.2, 0) is 9.53 Å². The molecule has 19 heavy (non-hydrogen) atoms. The van der Waals surface area contributed by atoms with Gasteiger partial charge in [-0.2, -0.15) is 0 Å². The average Bonchev–Trinajstić information content (AvgIpc) is 2.37. The van der Waals surface area contributed by atoms with Gasteiger partial charge in [0.05, 0.1) is 13.0 Å². The van der Waals surface area contributed by atoms with Crippen molar-refractivity contribution in [1.29, 1.82) is 0 Å². The second kappa shape index (κ2) is 8.54. The van der Waals surface area contributed by atoms with Crippen molar-refractivity contribution in [1.82, 2.24) is 10.2 Å². The number of hydrogen-bond acceptors (Lipinski definition) is 4. The first kappa shape index (κ1) is 16.4. The lowest BCUT2D eigenvalue weighted by Crippen LogP contribution is -2.45. The lowest BCUT2D eigenvalue weighted by atomic mass is 9.96. The van der Waals surface area contributed by atoms with E-state index in [4.69, 9.17) is 4.74 Å². The molecule has 0 saturated carbocycles. The van der Waals surface area contributed by atoms with Crippen molar-refractivity contribution < 1.29 is 9.53 Å². The predicted octanol–water partition coefficient (Wildman–Crippen LogP) is 2.04. The molecule has 1 heterocycles. The van der Waals surface area contributed by atoms with Gasteiger partial charge in [0.1, 0.15) is 0 Å². The van der Waals surface area contributed by atoms with Crippen molar-refractivity contribution >= 4 is 5.97 Å². The quantitative estimate of drug-likeness (QED) is 0.719. The molecule has 112 valence electrons. The van der Waals surface area contributed by atoms with E-state index in [1.807, 2.05) is 6.92 Å². The fourth-order valence-corrected chi connectivity index (χ4v) is 2.66. The summed E-state index contributed by atoms with van der Waals surface area (Å²) < 4.78 is 5.03. The van der Waals surface area contributed by atoms with Crippen LogP contribution in [0.5, 0.6) is 0 Å². The molecule has 4 heteroatoms. The normalized spacial score (nSPS) is 22.5. The molecule has 2 atom stereocenters. The minimum atomic E-state index is -0.0718. The van der Waals surface area contributed by atoms with Crippen molar-refractivity contribution in [2.75, 3.05) is 26.2 Å². The molecule has 0 radical (unpaired) electrons. The van der Waals surface area contributed by atoms with Crippen LogP contribution in [0.15, 0.2) is 0 Å². The highest BCUT2D eigenvalue weighted by Crippen LogP contribution is 2.19. The summed E-state index contributed by atoms with van der Waals surface area (Å²) in [6.07, 6.45) is 3.04. The summed E-state index contributed by atoms with van der Waals surface area (Å²) in [4.78, 5) is 14.0. The van der Waals surface area contributed by atoms with Crippen LogP contribution in [0.2, 0.25) is 0 Å². The Morgan fingerprint density at radius 2 is 2.16 bits per heavy atom. The number of piperidine rings is 1. The Kier molecular flexibility index (Phi) is 7.39. The molecule has 0 spiro atoms. The highest BCUT2D eigenvalue weighted by atomic mass is 16.5. The van der Waals surface area contributed by atoms with Crippen LogP contribution in [0.1, 0.15) is 47.0 Å². The molecule has 1 saturated heterocycles. The first-order valence-corrected chi connectivity index (χ1v) is 7.66. The molecule has 1 rings (SSSR count). The second-order valence-electron chi connectivity index (χ2n) is 5.92. The highest BCUT2D eigenvalue weighted by Gasteiger charge is 2.25. The molecule has 4 nitrogen and oxygen atoms in total. The highest BCUT2D eigenvalue weighted by molar-refractivity contribution is 5.70. The maximum Gasteiger partial charge on any atom is 0.307 e. The molecule has 1 aliphatic rings. The summed E-state index contributed by atoms with van der Waals surface area (Å²) >= 11 is 0. The summed E-state index contributed by atoms with van der Waals surface area (Å²) in [7, 11) is 0. The van der Waals surface area contributed by atoms with E-state index in [0.717, 1.165) is 19.6 Å². The van der Waals surface area contributed by atoms with Gasteiger partial charge in [-0.25, -0.2) is 0 Å². The summed E-state index contributed by atoms with van der Waals surface area (Å²) in [6.45, 7) is 12.1. The van der Waals surface area contributed by atoms with Gasteiger partial charge in [-0.15, -0.1) is 0 Å². The summed E-state index contributed by atoms with van der Waals surface area (Å²) in [6, 6.07) is 0.841. The Bertz CT molecular complexity index is 269. The third-order valence-electron chi connectivity index (χ3n) is 3.76. The fourth-order valence-electron chi connectivity index (χ4n) is 2.66. The summed E-state index contributed by atoms with van der Waals surface area (Å²) in [5.41, 5.74) is 0. The van der Waals surface area contributed by atoms with Crippen LogP contribution in [-0.4, -0.2) is 49.2 Å². The molecule has 0 aromatic rings. The number of nitrogens with zero attached hydrogens (tertiary/aromatic N) is 1. The number of likely N-dealkylation sites (tertiary alicyclic amines) is 1. The topological polar surface area (TPSA) is 41.6 Å². The fraction of sp³-hybridized carbons (Fsp3) is 0.933. The molecule has 0 aromatic carbocycles. The van der Waals surface area contributed by atoms with E-state index in [2.05, 4.69) is 31.0 Å². The van der Waals surface area contributed by atoms with Gasteiger partial charge in [0.25, 0.3) is 0 Å². The van der Waals surface area contributed by atoms with E-state index in [1.165, 1.54) is 12.8 Å². The number of carbonyl (C=O) groups excluding carboxylic acids is 1. The van der Waals surface area contributed by atoms with E-state index in [0.29, 0.717) is 31.0 Å². The van der Waals surface area contributed by atoms with Crippen molar-refractivity contribution in [3.63, 3.8) is 0 Å². The van der Waals surface area contributed by atoms with E-state index in [1.54, 1.807) is 0 Å². The van der Waals surface area contributed by atoms with Crippen molar-refractivity contribution in [3.8, 4) is 0 Å². The third-order valence-corrected chi connectivity index (χ3v) is 3.76. The zero-order valence-corrected chi connectivity index (χ0v) is 12.9. The van der Waals surface area contributed by atoms with E-state index < -0.39 is 0 Å². The minimum absolute atomic E-state index is 0.0718. The van der Waals surface area contributed by atoms with Gasteiger partial charge in [0, 0.05) is 18.6 Å². The molecular weight excluding hydrogens is 240 g/mol. The number of hydrogen-bond donors (Lipinski definition) is 1. The van der Waals surface area contributed by atoms with Gasteiger partial charge in [-0.05, 0) is 45.7 Å². The predicted molar refractivity (Wildman–Crippen MR) is 78.1 cm³/mol. The smallest absolute Gasteiger partial charge is 0.307 e. The molecule has 0 aliphatic carbocycles. The monoisotopic (exact) mass is 270 g/mol. The first-order chi connectivity index (χ1) is 9.02. The molecular formula is C15H30N2O2. The van der Waals surface area contributed by atoms with Gasteiger partial charge >= 0.3 is 5.97 Å². The van der Waals surface area contributed by atoms with Gasteiger partial charge in [-0.3, -0.25) is 9.69 Å². The Morgan fingerprint density at radius 1 is 1.42 bits per heavy atom. The second-order valence-corrected chi connectivity index (χ2v) is 5.92. The molecule has 2 unspecified atom stereocenters. The largest absolute Gasteiger partial charge is 0.466 e. The van der Waals surface area contributed by atoms with E-state index in [-0.39, 0.29) is 5.97 Å². The molecule has 1 fully saturated rings. The number of rotatable bonds is 7. The van der Waals surface area contributed by atoms with Crippen LogP contribution >= 0.6 is 0 Å². The van der Waals surface area contributed by atoms with Crippen LogP contribution in [0.4, 0.5) is 0 Å². The number of carbonyl (C=O) groups is 1. The van der Waals surface area contributed by atoms with Gasteiger partial charge in [-0.1, -0.05) is 13.8 Å². The van der Waals surface area contributed by atoms with Crippen molar-refractivity contribution in [2.45, 2.75) is 59.0 Å². The first-order valence-electron chi connectivity index (χ1n) is 7.66. The lowest BCUT2D eigenvalue weighted by Gasteiger charge is -2.36. The van der Waals surface area contributed by atoms with Crippen LogP contribution in [0, 0.1) is 5.92 Å². The van der Waals surface area contributed by atoms with Crippen molar-refractivity contribution in [3.05, 3.63) is 0 Å². The minimum Gasteiger partial charge on any atom is -0.466 e. The molecule has 1 N–H and O–H groups in total. The number of ether oxygens (including phenoxy) is 1. The molecule has 0 bridgehead atoms. The standard InChI is InChI=1S/C15H30N2O2/c1-5-19-15(18)9-13(4)17-8-6-7-14(11-17)10-16-12(2)3/h12-14,16H,5-11H2,1-4H3. The molecule has 0 amide bonds.